The van der Waals surface area contributed by atoms with E-state index in [0.29, 0.717) is 33.9 Å². The first kappa shape index (κ1) is 21.6. The van der Waals surface area contributed by atoms with Gasteiger partial charge in [-0.25, -0.2) is 0 Å². The molecule has 8 heteroatoms. The van der Waals surface area contributed by atoms with Gasteiger partial charge < -0.3 is 19.5 Å². The molecule has 0 unspecified atom stereocenters. The standard InChI is InChI=1S/C23H22N2O6/c1-15-20(5-4-6-21(15)25(27)28)24-23(26)16-7-12-22(30-3)17(13-16)14-31-19-10-8-18(29-2)9-11-19/h4-13H,14H2,1-3H3,(H,24,26). The number of carbonyl (C=O) groups excluding carboxylic acids is 1. The first-order valence-corrected chi connectivity index (χ1v) is 9.42. The summed E-state index contributed by atoms with van der Waals surface area (Å²) < 4.78 is 16.3. The van der Waals surface area contributed by atoms with Gasteiger partial charge in [-0.2, -0.15) is 0 Å². The quantitative estimate of drug-likeness (QED) is 0.415. The highest BCUT2D eigenvalue weighted by Crippen LogP contribution is 2.27. The van der Waals surface area contributed by atoms with Crippen LogP contribution in [0.1, 0.15) is 21.5 Å². The molecule has 31 heavy (non-hydrogen) atoms. The van der Waals surface area contributed by atoms with Gasteiger partial charge >= 0.3 is 0 Å². The van der Waals surface area contributed by atoms with Crippen LogP contribution in [0, 0.1) is 17.0 Å². The number of nitro benzene ring substituents is 1. The second-order valence-corrected chi connectivity index (χ2v) is 6.65. The van der Waals surface area contributed by atoms with Gasteiger partial charge in [-0.05, 0) is 55.5 Å². The van der Waals surface area contributed by atoms with Crippen molar-refractivity contribution in [2.45, 2.75) is 13.5 Å². The fourth-order valence-electron chi connectivity index (χ4n) is 3.02. The van der Waals surface area contributed by atoms with Crippen molar-refractivity contribution in [3.05, 3.63) is 87.5 Å². The highest BCUT2D eigenvalue weighted by molar-refractivity contribution is 6.05. The monoisotopic (exact) mass is 422 g/mol. The predicted molar refractivity (Wildman–Crippen MR) is 116 cm³/mol. The van der Waals surface area contributed by atoms with Crippen LogP contribution in [-0.2, 0) is 6.61 Å². The topological polar surface area (TPSA) is 99.9 Å². The number of carbonyl (C=O) groups is 1. The molecule has 0 aliphatic rings. The summed E-state index contributed by atoms with van der Waals surface area (Å²) in [4.78, 5) is 23.4. The zero-order valence-electron chi connectivity index (χ0n) is 17.4. The third kappa shape index (κ3) is 5.11. The Morgan fingerprint density at radius 3 is 2.35 bits per heavy atom. The molecule has 0 spiro atoms. The maximum absolute atomic E-state index is 12.8. The Morgan fingerprint density at radius 2 is 1.71 bits per heavy atom. The number of rotatable bonds is 8. The van der Waals surface area contributed by atoms with Crippen molar-refractivity contribution >= 4 is 17.3 Å². The van der Waals surface area contributed by atoms with E-state index in [4.69, 9.17) is 14.2 Å². The largest absolute Gasteiger partial charge is 0.497 e. The molecule has 0 fully saturated rings. The molecular weight excluding hydrogens is 400 g/mol. The van der Waals surface area contributed by atoms with Crippen molar-refractivity contribution in [3.63, 3.8) is 0 Å². The normalized spacial score (nSPS) is 10.3. The van der Waals surface area contributed by atoms with Gasteiger partial charge in [-0.1, -0.05) is 6.07 Å². The Balaban J connectivity index is 1.78. The number of benzene rings is 3. The van der Waals surface area contributed by atoms with E-state index in [0.717, 1.165) is 5.75 Å². The van der Waals surface area contributed by atoms with Crippen molar-refractivity contribution in [2.75, 3.05) is 19.5 Å². The van der Waals surface area contributed by atoms with Gasteiger partial charge in [0.15, 0.2) is 0 Å². The lowest BCUT2D eigenvalue weighted by Crippen LogP contribution is -2.14. The number of hydrogen-bond donors (Lipinski definition) is 1. The summed E-state index contributed by atoms with van der Waals surface area (Å²) in [6.45, 7) is 1.78. The van der Waals surface area contributed by atoms with Crippen molar-refractivity contribution in [3.8, 4) is 17.2 Å². The van der Waals surface area contributed by atoms with Crippen LogP contribution in [0.4, 0.5) is 11.4 Å². The van der Waals surface area contributed by atoms with Gasteiger partial charge in [0, 0.05) is 17.2 Å². The van der Waals surface area contributed by atoms with Crippen LogP contribution in [0.2, 0.25) is 0 Å². The van der Waals surface area contributed by atoms with Gasteiger partial charge in [0.05, 0.1) is 30.4 Å². The summed E-state index contributed by atoms with van der Waals surface area (Å²) in [5, 5.41) is 13.9. The second kappa shape index (κ2) is 9.62. The lowest BCUT2D eigenvalue weighted by Gasteiger charge is -2.13. The van der Waals surface area contributed by atoms with E-state index in [2.05, 4.69) is 5.32 Å². The molecule has 0 aromatic heterocycles. The number of anilines is 1. The van der Waals surface area contributed by atoms with Crippen LogP contribution in [0.15, 0.2) is 60.7 Å². The van der Waals surface area contributed by atoms with Gasteiger partial charge in [-0.15, -0.1) is 0 Å². The zero-order chi connectivity index (χ0) is 22.4. The van der Waals surface area contributed by atoms with E-state index in [1.165, 1.54) is 12.1 Å². The molecule has 8 nitrogen and oxygen atoms in total. The lowest BCUT2D eigenvalue weighted by molar-refractivity contribution is -0.385. The molecule has 3 aromatic rings. The molecule has 0 bridgehead atoms. The Morgan fingerprint density at radius 1 is 1.00 bits per heavy atom. The molecule has 1 amide bonds. The molecule has 0 saturated heterocycles. The summed E-state index contributed by atoms with van der Waals surface area (Å²) in [5.41, 5.74) is 1.77. The molecule has 0 heterocycles. The van der Waals surface area contributed by atoms with Gasteiger partial charge in [0.1, 0.15) is 23.9 Å². The number of ether oxygens (including phenoxy) is 3. The Labute approximate surface area is 179 Å². The van der Waals surface area contributed by atoms with E-state index >= 15 is 0 Å². The Kier molecular flexibility index (Phi) is 6.71. The minimum absolute atomic E-state index is 0.0545. The summed E-state index contributed by atoms with van der Waals surface area (Å²) >= 11 is 0. The average Bonchev–Trinajstić information content (AvgIpc) is 2.78. The SMILES string of the molecule is COc1ccc(OCc2cc(C(=O)Nc3cccc([N+](=O)[O-])c3C)ccc2OC)cc1. The number of nitrogens with one attached hydrogen (secondary N) is 1. The average molecular weight is 422 g/mol. The molecule has 0 aliphatic carbocycles. The van der Waals surface area contributed by atoms with Crippen molar-refractivity contribution in [1.29, 1.82) is 0 Å². The highest BCUT2D eigenvalue weighted by Gasteiger charge is 2.16. The molecule has 0 radical (unpaired) electrons. The first-order valence-electron chi connectivity index (χ1n) is 9.42. The fourth-order valence-corrected chi connectivity index (χ4v) is 3.02. The van der Waals surface area contributed by atoms with Crippen molar-refractivity contribution in [2.24, 2.45) is 0 Å². The predicted octanol–water partition coefficient (Wildman–Crippen LogP) is 4.75. The summed E-state index contributed by atoms with van der Waals surface area (Å²) in [5.74, 6) is 1.55. The number of methoxy groups -OCH3 is 2. The number of nitro groups is 1. The van der Waals surface area contributed by atoms with E-state index in [9.17, 15) is 14.9 Å². The minimum atomic E-state index is -0.479. The molecular formula is C23H22N2O6. The van der Waals surface area contributed by atoms with Crippen LogP contribution >= 0.6 is 0 Å². The number of hydrogen-bond acceptors (Lipinski definition) is 6. The van der Waals surface area contributed by atoms with E-state index in [1.807, 2.05) is 0 Å². The minimum Gasteiger partial charge on any atom is -0.497 e. The summed E-state index contributed by atoms with van der Waals surface area (Å²) in [6.07, 6.45) is 0. The third-order valence-corrected chi connectivity index (χ3v) is 4.75. The van der Waals surface area contributed by atoms with Crippen molar-refractivity contribution in [1.82, 2.24) is 0 Å². The first-order chi connectivity index (χ1) is 14.9. The van der Waals surface area contributed by atoms with E-state index in [-0.39, 0.29) is 12.3 Å². The number of nitrogens with zero attached hydrogens (tertiary/aromatic N) is 1. The second-order valence-electron chi connectivity index (χ2n) is 6.65. The Bertz CT molecular complexity index is 1100. The maximum Gasteiger partial charge on any atom is 0.274 e. The van der Waals surface area contributed by atoms with Gasteiger partial charge in [0.2, 0.25) is 0 Å². The summed E-state index contributed by atoms with van der Waals surface area (Å²) in [7, 11) is 3.13. The Hall–Kier alpha value is -4.07. The molecule has 160 valence electrons. The van der Waals surface area contributed by atoms with Crippen LogP contribution in [0.3, 0.4) is 0 Å². The zero-order valence-corrected chi connectivity index (χ0v) is 17.4. The molecule has 1 N–H and O–H groups in total. The summed E-state index contributed by atoms with van der Waals surface area (Å²) in [6, 6.07) is 16.7. The fraction of sp³-hybridized carbons (Fsp3) is 0.174. The molecule has 0 atom stereocenters. The van der Waals surface area contributed by atoms with Gasteiger partial charge in [0.25, 0.3) is 11.6 Å². The van der Waals surface area contributed by atoms with Crippen LogP contribution in [-0.4, -0.2) is 25.1 Å². The van der Waals surface area contributed by atoms with E-state index < -0.39 is 10.8 Å². The van der Waals surface area contributed by atoms with Crippen LogP contribution < -0.4 is 19.5 Å². The maximum atomic E-state index is 12.8. The van der Waals surface area contributed by atoms with Crippen LogP contribution in [0.25, 0.3) is 0 Å². The van der Waals surface area contributed by atoms with Crippen LogP contribution in [0.5, 0.6) is 17.2 Å². The molecule has 0 aliphatic heterocycles. The lowest BCUT2D eigenvalue weighted by atomic mass is 10.1. The highest BCUT2D eigenvalue weighted by atomic mass is 16.6. The third-order valence-electron chi connectivity index (χ3n) is 4.75. The molecule has 3 aromatic carbocycles. The number of amides is 1. The van der Waals surface area contributed by atoms with E-state index in [1.54, 1.807) is 69.7 Å². The van der Waals surface area contributed by atoms with Crippen molar-refractivity contribution < 1.29 is 23.9 Å². The smallest absolute Gasteiger partial charge is 0.274 e. The molecule has 0 saturated carbocycles. The van der Waals surface area contributed by atoms with Gasteiger partial charge in [-0.3, -0.25) is 14.9 Å². The molecule has 3 rings (SSSR count).